The van der Waals surface area contributed by atoms with Gasteiger partial charge in [0.15, 0.2) is 19.2 Å². The van der Waals surface area contributed by atoms with Crippen LogP contribution in [-0.2, 0) is 0 Å². The maximum atomic E-state index is 5.89. The number of furan rings is 2. The van der Waals surface area contributed by atoms with Gasteiger partial charge in [-0.15, -0.1) is 0 Å². The Balaban J connectivity index is 1.55. The van der Waals surface area contributed by atoms with Gasteiger partial charge in [0.25, 0.3) is 0 Å². The molecular formula is C26H18N2O2Si. The molecule has 2 aromatic carbocycles. The van der Waals surface area contributed by atoms with E-state index in [9.17, 15) is 0 Å². The van der Waals surface area contributed by atoms with Crippen molar-refractivity contribution in [2.24, 2.45) is 0 Å². The van der Waals surface area contributed by atoms with Gasteiger partial charge in [0, 0.05) is 44.3 Å². The van der Waals surface area contributed by atoms with E-state index in [1.807, 2.05) is 0 Å². The van der Waals surface area contributed by atoms with E-state index in [0.717, 1.165) is 22.2 Å². The summed E-state index contributed by atoms with van der Waals surface area (Å²) in [6.45, 7) is 4.91. The first-order valence-corrected chi connectivity index (χ1v) is 13.6. The highest BCUT2D eigenvalue weighted by atomic mass is 28.3. The fourth-order valence-corrected chi connectivity index (χ4v) is 8.68. The van der Waals surface area contributed by atoms with E-state index in [2.05, 4.69) is 82.6 Å². The van der Waals surface area contributed by atoms with Gasteiger partial charge in [-0.05, 0) is 24.3 Å². The highest BCUT2D eigenvalue weighted by molar-refractivity contribution is 7.00. The first kappa shape index (κ1) is 16.0. The summed E-state index contributed by atoms with van der Waals surface area (Å²) in [5, 5.41) is 7.74. The molecule has 0 aliphatic carbocycles. The van der Waals surface area contributed by atoms with Crippen LogP contribution < -0.4 is 10.6 Å². The Morgan fingerprint density at radius 3 is 1.61 bits per heavy atom. The number of fused-ring (bicyclic) bond motifs is 6. The smallest absolute Gasteiger partial charge is 0.159 e. The third-order valence-corrected chi connectivity index (χ3v) is 10.5. The molecule has 8 rings (SSSR count). The molecule has 31 heavy (non-hydrogen) atoms. The zero-order valence-corrected chi connectivity index (χ0v) is 18.1. The summed E-state index contributed by atoms with van der Waals surface area (Å²) in [5.74, 6) is 0. The van der Waals surface area contributed by atoms with Crippen LogP contribution in [0.1, 0.15) is 0 Å². The van der Waals surface area contributed by atoms with Gasteiger partial charge in [0.1, 0.15) is 0 Å². The van der Waals surface area contributed by atoms with Gasteiger partial charge in [-0.25, -0.2) is 0 Å². The molecule has 0 atom stereocenters. The van der Waals surface area contributed by atoms with Crippen molar-refractivity contribution in [2.45, 2.75) is 13.1 Å². The molecule has 0 unspecified atom stereocenters. The van der Waals surface area contributed by atoms with Gasteiger partial charge >= 0.3 is 0 Å². The molecule has 148 valence electrons. The Morgan fingerprint density at radius 1 is 0.645 bits per heavy atom. The number of para-hydroxylation sites is 2. The molecule has 0 spiro atoms. The molecule has 0 aliphatic rings. The van der Waals surface area contributed by atoms with Crippen molar-refractivity contribution < 1.29 is 8.83 Å². The van der Waals surface area contributed by atoms with Crippen LogP contribution in [0.3, 0.4) is 0 Å². The predicted molar refractivity (Wildman–Crippen MR) is 128 cm³/mol. The fraction of sp³-hybridized carbons (Fsp3) is 0.0769. The van der Waals surface area contributed by atoms with Gasteiger partial charge in [-0.1, -0.05) is 37.4 Å². The monoisotopic (exact) mass is 418 g/mol. The number of benzene rings is 2. The normalized spacial score (nSPS) is 13.5. The molecule has 0 saturated carbocycles. The number of hydrogen-bond acceptors (Lipinski definition) is 2. The molecule has 0 radical (unpaired) electrons. The van der Waals surface area contributed by atoms with E-state index in [-0.39, 0.29) is 0 Å². The standard InChI is InChI=1S/C26H18N2O2Si/c1-31(2,21-13-15-5-3-7-17-23(15)27(21)19-9-11-29-25(17)19)22-14-16-6-4-8-18-24(16)28(22)20-10-12-30-26(18)20/h3-14H,1-2H3. The van der Waals surface area contributed by atoms with Crippen LogP contribution in [0.2, 0.25) is 13.1 Å². The van der Waals surface area contributed by atoms with Gasteiger partial charge in [0.05, 0.1) is 34.6 Å². The summed E-state index contributed by atoms with van der Waals surface area (Å²) in [5.41, 5.74) is 6.83. The van der Waals surface area contributed by atoms with Crippen molar-refractivity contribution in [2.75, 3.05) is 0 Å². The van der Waals surface area contributed by atoms with E-state index in [4.69, 9.17) is 8.83 Å². The van der Waals surface area contributed by atoms with Gasteiger partial charge in [-0.2, -0.15) is 0 Å². The highest BCUT2D eigenvalue weighted by Crippen LogP contribution is 2.36. The summed E-state index contributed by atoms with van der Waals surface area (Å²) in [7, 11) is -2.13. The molecule has 6 heterocycles. The molecule has 0 fully saturated rings. The van der Waals surface area contributed by atoms with Gasteiger partial charge < -0.3 is 17.6 Å². The van der Waals surface area contributed by atoms with Gasteiger partial charge in [-0.3, -0.25) is 0 Å². The molecule has 0 bridgehead atoms. The van der Waals surface area contributed by atoms with Crippen LogP contribution in [-0.4, -0.2) is 16.9 Å². The lowest BCUT2D eigenvalue weighted by atomic mass is 10.2. The lowest BCUT2D eigenvalue weighted by Gasteiger charge is -2.22. The van der Waals surface area contributed by atoms with Crippen LogP contribution >= 0.6 is 0 Å². The maximum Gasteiger partial charge on any atom is 0.159 e. The zero-order chi connectivity index (χ0) is 20.5. The molecule has 0 saturated heterocycles. The average Bonchev–Trinajstić information content (AvgIpc) is 3.56. The molecular weight excluding hydrogens is 400 g/mol. The van der Waals surface area contributed by atoms with Crippen LogP contribution in [0.5, 0.6) is 0 Å². The summed E-state index contributed by atoms with van der Waals surface area (Å²) in [4.78, 5) is 0. The Kier molecular flexibility index (Phi) is 2.56. The van der Waals surface area contributed by atoms with E-state index < -0.39 is 8.07 Å². The lowest BCUT2D eigenvalue weighted by molar-refractivity contribution is 0.619. The lowest BCUT2D eigenvalue weighted by Crippen LogP contribution is -2.56. The largest absolute Gasteiger partial charge is 0.462 e. The fourth-order valence-electron chi connectivity index (χ4n) is 5.80. The quantitative estimate of drug-likeness (QED) is 0.338. The van der Waals surface area contributed by atoms with E-state index in [0.29, 0.717) is 0 Å². The minimum atomic E-state index is -2.13. The minimum Gasteiger partial charge on any atom is -0.462 e. The maximum absolute atomic E-state index is 5.89. The Bertz CT molecular complexity index is 1790. The Hall–Kier alpha value is -3.70. The first-order chi connectivity index (χ1) is 15.1. The summed E-state index contributed by atoms with van der Waals surface area (Å²) in [6.07, 6.45) is 3.61. The van der Waals surface area contributed by atoms with Crippen molar-refractivity contribution in [1.29, 1.82) is 0 Å². The van der Waals surface area contributed by atoms with Gasteiger partial charge in [0.2, 0.25) is 0 Å². The molecule has 8 aromatic rings. The minimum absolute atomic E-state index is 0.983. The van der Waals surface area contributed by atoms with E-state index in [1.165, 1.54) is 43.2 Å². The average molecular weight is 419 g/mol. The second kappa shape index (κ2) is 4.95. The summed E-state index contributed by atoms with van der Waals surface area (Å²) < 4.78 is 16.7. The summed E-state index contributed by atoms with van der Waals surface area (Å²) >= 11 is 0. The third kappa shape index (κ3) is 1.67. The van der Waals surface area contributed by atoms with Crippen LogP contribution in [0.25, 0.3) is 54.8 Å². The predicted octanol–water partition coefficient (Wildman–Crippen LogP) is 5.69. The van der Waals surface area contributed by atoms with Crippen molar-refractivity contribution in [3.05, 3.63) is 73.2 Å². The first-order valence-electron chi connectivity index (χ1n) is 10.6. The van der Waals surface area contributed by atoms with Crippen LogP contribution in [0.15, 0.2) is 82.0 Å². The number of rotatable bonds is 2. The SMILES string of the molecule is C[Si](C)(c1cc2cccc3c4occc4n1c23)c1cc2cccc3c4occc4n1c23. The highest BCUT2D eigenvalue weighted by Gasteiger charge is 2.36. The van der Waals surface area contributed by atoms with Crippen LogP contribution in [0.4, 0.5) is 0 Å². The molecule has 0 N–H and O–H groups in total. The van der Waals surface area contributed by atoms with Crippen molar-refractivity contribution in [3.8, 4) is 0 Å². The zero-order valence-electron chi connectivity index (χ0n) is 17.1. The Morgan fingerprint density at radius 2 is 1.13 bits per heavy atom. The van der Waals surface area contributed by atoms with Crippen molar-refractivity contribution in [3.63, 3.8) is 0 Å². The van der Waals surface area contributed by atoms with Crippen molar-refractivity contribution in [1.82, 2.24) is 8.80 Å². The molecule has 0 amide bonds. The number of hydrogen-bond donors (Lipinski definition) is 0. The molecule has 4 nitrogen and oxygen atoms in total. The number of aromatic nitrogens is 2. The van der Waals surface area contributed by atoms with Crippen LogP contribution in [0, 0.1) is 0 Å². The third-order valence-electron chi connectivity index (χ3n) is 7.19. The molecule has 0 aliphatic heterocycles. The molecule has 5 heteroatoms. The second-order valence-corrected chi connectivity index (χ2v) is 13.4. The summed E-state index contributed by atoms with van der Waals surface area (Å²) in [6, 6.07) is 22.0. The van der Waals surface area contributed by atoms with E-state index in [1.54, 1.807) is 12.5 Å². The Labute approximate surface area is 177 Å². The number of nitrogens with zero attached hydrogens (tertiary/aromatic N) is 2. The topological polar surface area (TPSA) is 35.1 Å². The molecule has 6 aromatic heterocycles. The van der Waals surface area contributed by atoms with E-state index >= 15 is 0 Å². The van der Waals surface area contributed by atoms with Crippen molar-refractivity contribution >= 4 is 73.5 Å². The second-order valence-electron chi connectivity index (χ2n) is 9.11.